The van der Waals surface area contributed by atoms with Crippen molar-refractivity contribution < 1.29 is 4.79 Å². The Hall–Kier alpha value is -2.63. The first-order valence-corrected chi connectivity index (χ1v) is 9.77. The molecule has 6 nitrogen and oxygen atoms in total. The van der Waals surface area contributed by atoms with Crippen LogP contribution < -0.4 is 9.80 Å². The first-order valence-electron chi connectivity index (χ1n) is 9.77. The predicted octanol–water partition coefficient (Wildman–Crippen LogP) is 2.52. The van der Waals surface area contributed by atoms with Gasteiger partial charge in [-0.25, -0.2) is 9.97 Å². The van der Waals surface area contributed by atoms with Crippen LogP contribution in [-0.2, 0) is 0 Å². The smallest absolute Gasteiger partial charge is 0.254 e. The second-order valence-corrected chi connectivity index (χ2v) is 8.18. The first kappa shape index (κ1) is 16.5. The fourth-order valence-electron chi connectivity index (χ4n) is 4.33. The molecule has 1 aromatic carbocycles. The molecule has 4 heterocycles. The molecule has 27 heavy (non-hydrogen) atoms. The van der Waals surface area contributed by atoms with Crippen LogP contribution in [0.25, 0.3) is 0 Å². The minimum absolute atomic E-state index is 0.154. The Bertz CT molecular complexity index is 866. The van der Waals surface area contributed by atoms with Gasteiger partial charge < -0.3 is 14.7 Å². The molecule has 140 valence electrons. The lowest BCUT2D eigenvalue weighted by atomic mass is 9.86. The monoisotopic (exact) mass is 363 g/mol. The Kier molecular flexibility index (Phi) is 3.81. The lowest BCUT2D eigenvalue weighted by Crippen LogP contribution is -2.70. The minimum atomic E-state index is 0.154. The number of anilines is 2. The first-order chi connectivity index (χ1) is 13.1. The number of carbonyl (C=O) groups excluding carboxylic acids is 1. The van der Waals surface area contributed by atoms with Crippen LogP contribution in [0, 0.1) is 0 Å². The Balaban J connectivity index is 1.31. The molecule has 2 aromatic rings. The molecule has 1 aromatic heterocycles. The SMILES string of the molecule is CN(C)c1cccc(C(=O)N2C3CC2CN(c2cc(C4CC4)ncn2)C3)c1. The molecule has 0 N–H and O–H groups in total. The highest BCUT2D eigenvalue weighted by atomic mass is 16.2. The van der Waals surface area contributed by atoms with Crippen LogP contribution in [-0.4, -0.2) is 60.0 Å². The molecule has 0 spiro atoms. The van der Waals surface area contributed by atoms with Crippen molar-refractivity contribution in [1.29, 1.82) is 0 Å². The number of piperazine rings is 1. The van der Waals surface area contributed by atoms with E-state index in [0.29, 0.717) is 5.92 Å². The van der Waals surface area contributed by atoms with Gasteiger partial charge in [-0.05, 0) is 37.5 Å². The number of hydrogen-bond acceptors (Lipinski definition) is 5. The standard InChI is InChI=1S/C21H25N5O/c1-24(2)16-5-3-4-15(8-16)21(27)26-17-9-18(26)12-25(11-17)20-10-19(14-6-7-14)22-13-23-20/h3-5,8,10,13-14,17-18H,6-7,9,11-12H2,1-2H3. The molecule has 0 radical (unpaired) electrons. The summed E-state index contributed by atoms with van der Waals surface area (Å²) < 4.78 is 0. The summed E-state index contributed by atoms with van der Waals surface area (Å²) in [4.78, 5) is 28.4. The van der Waals surface area contributed by atoms with Gasteiger partial charge in [-0.1, -0.05) is 6.07 Å². The van der Waals surface area contributed by atoms with E-state index >= 15 is 0 Å². The van der Waals surface area contributed by atoms with Crippen LogP contribution in [0.15, 0.2) is 36.7 Å². The van der Waals surface area contributed by atoms with Crippen molar-refractivity contribution in [2.45, 2.75) is 37.3 Å². The largest absolute Gasteiger partial charge is 0.378 e. The summed E-state index contributed by atoms with van der Waals surface area (Å²) in [5, 5.41) is 0. The molecule has 1 saturated carbocycles. The second kappa shape index (κ2) is 6.22. The van der Waals surface area contributed by atoms with Gasteiger partial charge >= 0.3 is 0 Å². The number of benzene rings is 1. The molecule has 2 unspecified atom stereocenters. The van der Waals surface area contributed by atoms with Gasteiger partial charge in [0.15, 0.2) is 0 Å². The predicted molar refractivity (Wildman–Crippen MR) is 105 cm³/mol. The van der Waals surface area contributed by atoms with Crippen molar-refractivity contribution in [3.8, 4) is 0 Å². The summed E-state index contributed by atoms with van der Waals surface area (Å²) >= 11 is 0. The lowest BCUT2D eigenvalue weighted by Gasteiger charge is -2.56. The van der Waals surface area contributed by atoms with Crippen molar-refractivity contribution in [1.82, 2.24) is 14.9 Å². The minimum Gasteiger partial charge on any atom is -0.378 e. The zero-order valence-electron chi connectivity index (χ0n) is 15.9. The van der Waals surface area contributed by atoms with Gasteiger partial charge in [-0.15, -0.1) is 0 Å². The van der Waals surface area contributed by atoms with E-state index in [-0.39, 0.29) is 18.0 Å². The van der Waals surface area contributed by atoms with Crippen molar-refractivity contribution in [3.05, 3.63) is 47.9 Å². The van der Waals surface area contributed by atoms with E-state index in [4.69, 9.17) is 0 Å². The van der Waals surface area contributed by atoms with Crippen molar-refractivity contribution in [3.63, 3.8) is 0 Å². The normalized spacial score (nSPS) is 23.8. The number of nitrogens with zero attached hydrogens (tertiary/aromatic N) is 5. The van der Waals surface area contributed by atoms with Crippen LogP contribution in [0.2, 0.25) is 0 Å². The maximum absolute atomic E-state index is 13.1. The maximum atomic E-state index is 13.1. The van der Waals surface area contributed by atoms with Crippen molar-refractivity contribution in [2.75, 3.05) is 37.0 Å². The van der Waals surface area contributed by atoms with Crippen LogP contribution in [0.4, 0.5) is 11.5 Å². The molecule has 2 atom stereocenters. The van der Waals surface area contributed by atoms with Gasteiger partial charge in [0.1, 0.15) is 12.1 Å². The summed E-state index contributed by atoms with van der Waals surface area (Å²) in [7, 11) is 3.99. The number of rotatable bonds is 4. The molecule has 6 rings (SSSR count). The summed E-state index contributed by atoms with van der Waals surface area (Å²) in [5.41, 5.74) is 3.01. The number of fused-ring (bicyclic) bond motifs is 2. The topological polar surface area (TPSA) is 52.6 Å². The summed E-state index contributed by atoms with van der Waals surface area (Å²) in [6.45, 7) is 1.72. The van der Waals surface area contributed by atoms with E-state index in [9.17, 15) is 4.79 Å². The number of amides is 1. The zero-order valence-corrected chi connectivity index (χ0v) is 15.9. The van der Waals surface area contributed by atoms with Gasteiger partial charge in [-0.2, -0.15) is 0 Å². The van der Waals surface area contributed by atoms with Gasteiger partial charge in [-0.3, -0.25) is 4.79 Å². The molecular formula is C21H25N5O. The van der Waals surface area contributed by atoms with E-state index in [2.05, 4.69) is 25.8 Å². The average Bonchev–Trinajstić information content (AvgIpc) is 3.53. The number of hydrogen-bond donors (Lipinski definition) is 0. The number of piperidine rings is 1. The molecular weight excluding hydrogens is 338 g/mol. The molecule has 4 aliphatic rings. The molecule has 1 aliphatic carbocycles. The Morgan fingerprint density at radius 2 is 1.89 bits per heavy atom. The third-order valence-electron chi connectivity index (χ3n) is 6.03. The third kappa shape index (κ3) is 2.93. The molecule has 1 amide bonds. The Morgan fingerprint density at radius 1 is 1.11 bits per heavy atom. The molecule has 3 aliphatic heterocycles. The van der Waals surface area contributed by atoms with Crippen molar-refractivity contribution in [2.24, 2.45) is 0 Å². The second-order valence-electron chi connectivity index (χ2n) is 8.18. The fraction of sp³-hybridized carbons (Fsp3) is 0.476. The quantitative estimate of drug-likeness (QED) is 0.836. The van der Waals surface area contributed by atoms with Crippen LogP contribution in [0.5, 0.6) is 0 Å². The van der Waals surface area contributed by atoms with E-state index in [1.165, 1.54) is 18.5 Å². The molecule has 3 saturated heterocycles. The van der Waals surface area contributed by atoms with Gasteiger partial charge in [0.25, 0.3) is 5.91 Å². The summed E-state index contributed by atoms with van der Waals surface area (Å²) in [5.74, 6) is 1.80. The highest BCUT2D eigenvalue weighted by molar-refractivity contribution is 5.96. The van der Waals surface area contributed by atoms with Gasteiger partial charge in [0, 0.05) is 56.1 Å². The van der Waals surface area contributed by atoms with E-state index in [0.717, 1.165) is 36.6 Å². The van der Waals surface area contributed by atoms with E-state index in [1.807, 2.05) is 43.3 Å². The van der Waals surface area contributed by atoms with E-state index < -0.39 is 0 Å². The third-order valence-corrected chi connectivity index (χ3v) is 6.03. The number of aromatic nitrogens is 2. The highest BCUT2D eigenvalue weighted by Gasteiger charge is 2.47. The van der Waals surface area contributed by atoms with Crippen LogP contribution in [0.1, 0.15) is 41.2 Å². The Labute approximate surface area is 159 Å². The van der Waals surface area contributed by atoms with Gasteiger partial charge in [0.2, 0.25) is 0 Å². The van der Waals surface area contributed by atoms with Gasteiger partial charge in [0.05, 0.1) is 12.1 Å². The van der Waals surface area contributed by atoms with Crippen LogP contribution >= 0.6 is 0 Å². The molecule has 4 fully saturated rings. The van der Waals surface area contributed by atoms with E-state index in [1.54, 1.807) is 6.33 Å². The van der Waals surface area contributed by atoms with Crippen LogP contribution in [0.3, 0.4) is 0 Å². The van der Waals surface area contributed by atoms with Crippen molar-refractivity contribution >= 4 is 17.4 Å². The summed E-state index contributed by atoms with van der Waals surface area (Å²) in [6, 6.07) is 10.6. The Morgan fingerprint density at radius 3 is 2.59 bits per heavy atom. The summed E-state index contributed by atoms with van der Waals surface area (Å²) in [6.07, 6.45) is 5.28. The number of carbonyl (C=O) groups is 1. The average molecular weight is 363 g/mol. The maximum Gasteiger partial charge on any atom is 0.254 e. The molecule has 6 heteroatoms. The highest BCUT2D eigenvalue weighted by Crippen LogP contribution is 2.40. The zero-order chi connectivity index (χ0) is 18.5. The lowest BCUT2D eigenvalue weighted by molar-refractivity contribution is 0.00576. The molecule has 2 bridgehead atoms. The fourth-order valence-corrected chi connectivity index (χ4v) is 4.33.